The van der Waals surface area contributed by atoms with Gasteiger partial charge in [-0.25, -0.2) is 0 Å². The van der Waals surface area contributed by atoms with Crippen molar-refractivity contribution < 1.29 is 13.2 Å². The Morgan fingerprint density at radius 1 is 0.919 bits per heavy atom. The molecule has 0 radical (unpaired) electrons. The van der Waals surface area contributed by atoms with Gasteiger partial charge in [0.2, 0.25) is 0 Å². The molecule has 0 saturated carbocycles. The Morgan fingerprint density at radius 3 is 2.38 bits per heavy atom. The number of benzene rings is 3. The van der Waals surface area contributed by atoms with Gasteiger partial charge in [0, 0.05) is 60.9 Å². The van der Waals surface area contributed by atoms with Crippen molar-refractivity contribution in [1.29, 1.82) is 0 Å². The summed E-state index contributed by atoms with van der Waals surface area (Å²) in [6, 6.07) is 22.8. The fourth-order valence-corrected chi connectivity index (χ4v) is 4.99. The van der Waals surface area contributed by atoms with E-state index in [1.807, 2.05) is 12.1 Å². The molecule has 0 spiro atoms. The number of hydrogen-bond acceptors (Lipinski definition) is 4. The summed E-state index contributed by atoms with van der Waals surface area (Å²) in [5, 5.41) is 3.99. The smallest absolute Gasteiger partial charge is 0.369 e. The fraction of sp³-hybridized carbons (Fsp3) is 0.300. The molecule has 1 aliphatic heterocycles. The van der Waals surface area contributed by atoms with Crippen molar-refractivity contribution in [1.82, 2.24) is 9.88 Å². The van der Waals surface area contributed by atoms with Gasteiger partial charge < -0.3 is 10.2 Å². The molecule has 7 heteroatoms. The van der Waals surface area contributed by atoms with Crippen LogP contribution < -0.4 is 10.2 Å². The van der Waals surface area contributed by atoms with Crippen molar-refractivity contribution >= 4 is 28.0 Å². The van der Waals surface area contributed by atoms with Crippen LogP contribution in [0.1, 0.15) is 36.6 Å². The number of hydrogen-bond donors (Lipinski definition) is 1. The molecule has 1 N–H and O–H groups in total. The summed E-state index contributed by atoms with van der Waals surface area (Å²) in [6.07, 6.45) is -1.82. The van der Waals surface area contributed by atoms with Crippen LogP contribution in [0.4, 0.5) is 30.2 Å². The second-order valence-electron chi connectivity index (χ2n) is 9.56. The number of rotatable bonds is 6. The van der Waals surface area contributed by atoms with E-state index in [2.05, 4.69) is 70.3 Å². The molecule has 0 bridgehead atoms. The monoisotopic (exact) mass is 504 g/mol. The summed E-state index contributed by atoms with van der Waals surface area (Å²) in [6.45, 7) is 8.43. The van der Waals surface area contributed by atoms with E-state index in [9.17, 15) is 13.2 Å². The molecule has 5 rings (SSSR count). The van der Waals surface area contributed by atoms with Crippen molar-refractivity contribution in [2.45, 2.75) is 32.5 Å². The first-order valence-electron chi connectivity index (χ1n) is 12.7. The van der Waals surface area contributed by atoms with E-state index >= 15 is 0 Å². The lowest BCUT2D eigenvalue weighted by Crippen LogP contribution is -2.47. The molecule has 3 aromatic carbocycles. The summed E-state index contributed by atoms with van der Waals surface area (Å²) in [5.41, 5.74) is 5.13. The van der Waals surface area contributed by atoms with Gasteiger partial charge in [0.05, 0.1) is 11.1 Å². The third kappa shape index (κ3) is 5.57. The van der Waals surface area contributed by atoms with Gasteiger partial charge in [-0.05, 0) is 66.9 Å². The standard InChI is InChI=1S/C30H31F3N4/c1-3-22-5-4-6-26(19-22)37-17-15-36(16-18-37)21(2)23-7-10-25(11-8-23)35-28-13-14-34-29-20-24(30(31,32)33)9-12-27(28)29/h4-14,19-21H,3,15-18H2,1-2H3,(H,34,35). The van der Waals surface area contributed by atoms with Crippen LogP contribution in [0.5, 0.6) is 0 Å². The number of nitrogens with zero attached hydrogens (tertiary/aromatic N) is 3. The van der Waals surface area contributed by atoms with Crippen molar-refractivity contribution in [2.75, 3.05) is 36.4 Å². The lowest BCUT2D eigenvalue weighted by Gasteiger charge is -2.39. The largest absolute Gasteiger partial charge is 0.416 e. The highest BCUT2D eigenvalue weighted by molar-refractivity contribution is 5.93. The Hall–Kier alpha value is -3.58. The number of anilines is 3. The zero-order valence-corrected chi connectivity index (χ0v) is 21.1. The predicted octanol–water partition coefficient (Wildman–Crippen LogP) is 7.44. The maximum absolute atomic E-state index is 13.1. The topological polar surface area (TPSA) is 31.4 Å². The molecule has 0 amide bonds. The van der Waals surface area contributed by atoms with Crippen LogP contribution in [0.25, 0.3) is 10.9 Å². The molecule has 2 heterocycles. The first kappa shape index (κ1) is 25.1. The van der Waals surface area contributed by atoms with Gasteiger partial charge >= 0.3 is 6.18 Å². The first-order chi connectivity index (χ1) is 17.8. The number of pyridine rings is 1. The van der Waals surface area contributed by atoms with Crippen LogP contribution in [0.2, 0.25) is 0 Å². The Balaban J connectivity index is 1.24. The lowest BCUT2D eigenvalue weighted by atomic mass is 10.0. The quantitative estimate of drug-likeness (QED) is 0.296. The lowest BCUT2D eigenvalue weighted by molar-refractivity contribution is -0.137. The molecule has 1 unspecified atom stereocenters. The highest BCUT2D eigenvalue weighted by atomic mass is 19.4. The Kier molecular flexibility index (Phi) is 7.07. The zero-order valence-electron chi connectivity index (χ0n) is 21.1. The van der Waals surface area contributed by atoms with Crippen LogP contribution in [-0.2, 0) is 12.6 Å². The first-order valence-corrected chi connectivity index (χ1v) is 12.7. The third-order valence-electron chi connectivity index (χ3n) is 7.29. The minimum Gasteiger partial charge on any atom is -0.369 e. The molecular weight excluding hydrogens is 473 g/mol. The van der Waals surface area contributed by atoms with Gasteiger partial charge in [0.15, 0.2) is 0 Å². The van der Waals surface area contributed by atoms with E-state index in [-0.39, 0.29) is 0 Å². The second-order valence-corrected chi connectivity index (χ2v) is 9.56. The highest BCUT2D eigenvalue weighted by Crippen LogP contribution is 2.33. The van der Waals surface area contributed by atoms with Gasteiger partial charge in [0.1, 0.15) is 0 Å². The number of aromatic nitrogens is 1. The van der Waals surface area contributed by atoms with Crippen molar-refractivity contribution in [2.24, 2.45) is 0 Å². The minimum absolute atomic E-state index is 0.292. The molecule has 192 valence electrons. The average molecular weight is 505 g/mol. The summed E-state index contributed by atoms with van der Waals surface area (Å²) in [7, 11) is 0. The number of alkyl halides is 3. The van der Waals surface area contributed by atoms with Crippen LogP contribution in [0, 0.1) is 0 Å². The molecular formula is C30H31F3N4. The van der Waals surface area contributed by atoms with Gasteiger partial charge in [0.25, 0.3) is 0 Å². The van der Waals surface area contributed by atoms with E-state index in [4.69, 9.17) is 0 Å². The Morgan fingerprint density at radius 2 is 1.68 bits per heavy atom. The summed E-state index contributed by atoms with van der Waals surface area (Å²) in [4.78, 5) is 9.11. The summed E-state index contributed by atoms with van der Waals surface area (Å²) >= 11 is 0. The van der Waals surface area contributed by atoms with Crippen LogP contribution in [0.15, 0.2) is 79.0 Å². The number of nitrogens with one attached hydrogen (secondary N) is 1. The molecule has 1 atom stereocenters. The maximum Gasteiger partial charge on any atom is 0.416 e. The molecule has 0 aliphatic carbocycles. The number of halogens is 3. The number of fused-ring (bicyclic) bond motifs is 1. The zero-order chi connectivity index (χ0) is 26.0. The van der Waals surface area contributed by atoms with Gasteiger partial charge in [-0.15, -0.1) is 0 Å². The molecule has 1 fully saturated rings. The minimum atomic E-state index is -4.39. The van der Waals surface area contributed by atoms with Gasteiger partial charge in [-0.1, -0.05) is 37.3 Å². The number of aryl methyl sites for hydroxylation is 1. The molecule has 4 nitrogen and oxygen atoms in total. The van der Waals surface area contributed by atoms with E-state index in [1.165, 1.54) is 29.1 Å². The van der Waals surface area contributed by atoms with E-state index in [1.54, 1.807) is 6.07 Å². The van der Waals surface area contributed by atoms with E-state index < -0.39 is 11.7 Å². The van der Waals surface area contributed by atoms with Crippen molar-refractivity contribution in [3.05, 3.63) is 95.7 Å². The molecule has 1 aromatic heterocycles. The van der Waals surface area contributed by atoms with E-state index in [0.29, 0.717) is 16.9 Å². The Labute approximate surface area is 215 Å². The van der Waals surface area contributed by atoms with Crippen LogP contribution in [-0.4, -0.2) is 36.1 Å². The van der Waals surface area contributed by atoms with Crippen LogP contribution in [0.3, 0.4) is 0 Å². The maximum atomic E-state index is 13.1. The summed E-state index contributed by atoms with van der Waals surface area (Å²) < 4.78 is 39.2. The average Bonchev–Trinajstić information content (AvgIpc) is 2.92. The van der Waals surface area contributed by atoms with Gasteiger partial charge in [-0.3, -0.25) is 9.88 Å². The Bertz CT molecular complexity index is 1360. The SMILES string of the molecule is CCc1cccc(N2CCN(C(C)c3ccc(Nc4ccnc5cc(C(F)(F)F)ccc45)cc3)CC2)c1. The van der Waals surface area contributed by atoms with Crippen LogP contribution >= 0.6 is 0 Å². The molecule has 37 heavy (non-hydrogen) atoms. The normalized spacial score (nSPS) is 15.6. The second kappa shape index (κ2) is 10.4. The highest BCUT2D eigenvalue weighted by Gasteiger charge is 2.30. The fourth-order valence-electron chi connectivity index (χ4n) is 4.99. The van der Waals surface area contributed by atoms with Crippen molar-refractivity contribution in [3.63, 3.8) is 0 Å². The molecule has 1 aliphatic rings. The predicted molar refractivity (Wildman–Crippen MR) is 144 cm³/mol. The molecule has 1 saturated heterocycles. The van der Waals surface area contributed by atoms with E-state index in [0.717, 1.165) is 56.1 Å². The molecule has 4 aromatic rings. The number of piperazine rings is 1. The summed E-state index contributed by atoms with van der Waals surface area (Å²) in [5.74, 6) is 0. The van der Waals surface area contributed by atoms with Crippen molar-refractivity contribution in [3.8, 4) is 0 Å². The van der Waals surface area contributed by atoms with Gasteiger partial charge in [-0.2, -0.15) is 13.2 Å². The third-order valence-corrected chi connectivity index (χ3v) is 7.29.